The lowest BCUT2D eigenvalue weighted by Gasteiger charge is -2.05. The Morgan fingerprint density at radius 1 is 1.18 bits per heavy atom. The van der Waals surface area contributed by atoms with E-state index in [0.29, 0.717) is 0 Å². The lowest BCUT2D eigenvalue weighted by atomic mass is 10.1. The van der Waals surface area contributed by atoms with Crippen LogP contribution in [-0.4, -0.2) is 9.97 Å². The molecule has 0 saturated heterocycles. The van der Waals surface area contributed by atoms with Crippen LogP contribution in [0, 0.1) is 6.92 Å². The van der Waals surface area contributed by atoms with Crippen LogP contribution >= 0.6 is 23.2 Å². The standard InChI is InChI=1S/C13H14Cl2N2/c1-9-8-16-13(17-9)7-2-4-10-11(14)5-3-6-12(10)15/h3,5-6,8H,2,4,7H2,1H3,(H,16,17). The summed E-state index contributed by atoms with van der Waals surface area (Å²) in [6, 6.07) is 5.61. The molecule has 1 N–H and O–H groups in total. The van der Waals surface area contributed by atoms with Crippen molar-refractivity contribution < 1.29 is 0 Å². The normalized spacial score (nSPS) is 10.8. The summed E-state index contributed by atoms with van der Waals surface area (Å²) in [4.78, 5) is 7.51. The van der Waals surface area contributed by atoms with Gasteiger partial charge in [-0.25, -0.2) is 4.98 Å². The highest BCUT2D eigenvalue weighted by Gasteiger charge is 2.05. The van der Waals surface area contributed by atoms with E-state index in [1.807, 2.05) is 31.3 Å². The van der Waals surface area contributed by atoms with Gasteiger partial charge in [-0.05, 0) is 37.5 Å². The summed E-state index contributed by atoms with van der Waals surface area (Å²) < 4.78 is 0. The van der Waals surface area contributed by atoms with Crippen LogP contribution in [0.3, 0.4) is 0 Å². The molecule has 0 radical (unpaired) electrons. The molecule has 0 atom stereocenters. The Morgan fingerprint density at radius 3 is 2.47 bits per heavy atom. The monoisotopic (exact) mass is 268 g/mol. The predicted octanol–water partition coefficient (Wildman–Crippen LogP) is 4.20. The van der Waals surface area contributed by atoms with E-state index in [1.165, 1.54) is 0 Å². The number of hydrogen-bond acceptors (Lipinski definition) is 1. The first-order valence-corrected chi connectivity index (χ1v) is 6.36. The molecule has 1 aromatic heterocycles. The number of halogens is 2. The Balaban J connectivity index is 1.94. The van der Waals surface area contributed by atoms with Crippen LogP contribution in [0.5, 0.6) is 0 Å². The maximum Gasteiger partial charge on any atom is 0.106 e. The fourth-order valence-electron chi connectivity index (χ4n) is 1.80. The van der Waals surface area contributed by atoms with Gasteiger partial charge in [-0.2, -0.15) is 0 Å². The molecule has 0 bridgehead atoms. The van der Waals surface area contributed by atoms with Crippen molar-refractivity contribution in [3.8, 4) is 0 Å². The number of nitrogens with zero attached hydrogens (tertiary/aromatic N) is 1. The van der Waals surface area contributed by atoms with Crippen LogP contribution in [0.15, 0.2) is 24.4 Å². The Labute approximate surface area is 111 Å². The van der Waals surface area contributed by atoms with Crippen molar-refractivity contribution in [1.29, 1.82) is 0 Å². The van der Waals surface area contributed by atoms with Gasteiger partial charge in [0.05, 0.1) is 5.69 Å². The average molecular weight is 269 g/mol. The van der Waals surface area contributed by atoms with Gasteiger partial charge < -0.3 is 4.98 Å². The summed E-state index contributed by atoms with van der Waals surface area (Å²) in [6.45, 7) is 1.98. The molecule has 0 aliphatic rings. The number of rotatable bonds is 4. The first-order valence-electron chi connectivity index (χ1n) is 5.60. The summed E-state index contributed by atoms with van der Waals surface area (Å²) in [7, 11) is 0. The third-order valence-electron chi connectivity index (χ3n) is 2.66. The second-order valence-electron chi connectivity index (χ2n) is 4.04. The molecule has 0 amide bonds. The van der Waals surface area contributed by atoms with Crippen molar-refractivity contribution >= 4 is 23.2 Å². The van der Waals surface area contributed by atoms with E-state index in [-0.39, 0.29) is 0 Å². The highest BCUT2D eigenvalue weighted by Crippen LogP contribution is 2.25. The molecule has 2 nitrogen and oxygen atoms in total. The van der Waals surface area contributed by atoms with E-state index >= 15 is 0 Å². The van der Waals surface area contributed by atoms with Crippen LogP contribution in [0.1, 0.15) is 23.5 Å². The molecular weight excluding hydrogens is 255 g/mol. The lowest BCUT2D eigenvalue weighted by molar-refractivity contribution is 0.782. The number of aromatic nitrogens is 2. The molecule has 2 rings (SSSR count). The van der Waals surface area contributed by atoms with Gasteiger partial charge in [0.15, 0.2) is 0 Å². The molecule has 1 heterocycles. The molecule has 0 unspecified atom stereocenters. The third kappa shape index (κ3) is 3.24. The number of aromatic amines is 1. The molecule has 1 aromatic carbocycles. The largest absolute Gasteiger partial charge is 0.348 e. The Hall–Kier alpha value is -0.990. The summed E-state index contributed by atoms with van der Waals surface area (Å²) in [5, 5.41) is 1.49. The molecule has 4 heteroatoms. The molecule has 0 fully saturated rings. The second-order valence-corrected chi connectivity index (χ2v) is 4.86. The average Bonchev–Trinajstić information content (AvgIpc) is 2.69. The van der Waals surface area contributed by atoms with Crippen molar-refractivity contribution in [2.24, 2.45) is 0 Å². The quantitative estimate of drug-likeness (QED) is 0.885. The van der Waals surface area contributed by atoms with Crippen LogP contribution in [0.25, 0.3) is 0 Å². The zero-order valence-electron chi connectivity index (χ0n) is 9.63. The number of benzene rings is 1. The highest BCUT2D eigenvalue weighted by molar-refractivity contribution is 6.35. The minimum absolute atomic E-state index is 0.744. The van der Waals surface area contributed by atoms with E-state index in [1.54, 1.807) is 0 Å². The van der Waals surface area contributed by atoms with Gasteiger partial charge in [0.2, 0.25) is 0 Å². The first kappa shape index (κ1) is 12.5. The number of H-pyrrole nitrogens is 1. The van der Waals surface area contributed by atoms with Gasteiger partial charge in [-0.15, -0.1) is 0 Å². The fourth-order valence-corrected chi connectivity index (χ4v) is 2.38. The van der Waals surface area contributed by atoms with Gasteiger partial charge in [0.1, 0.15) is 5.82 Å². The van der Waals surface area contributed by atoms with Crippen LogP contribution in [-0.2, 0) is 12.8 Å². The Kier molecular flexibility index (Phi) is 4.08. The Bertz CT molecular complexity index is 486. The van der Waals surface area contributed by atoms with E-state index in [0.717, 1.165) is 46.4 Å². The SMILES string of the molecule is Cc1c[nH]c(CCCc2c(Cl)cccc2Cl)n1. The number of nitrogens with one attached hydrogen (secondary N) is 1. The Morgan fingerprint density at radius 2 is 1.88 bits per heavy atom. The maximum absolute atomic E-state index is 6.11. The first-order chi connectivity index (χ1) is 8.16. The van der Waals surface area contributed by atoms with E-state index in [2.05, 4.69) is 9.97 Å². The number of aryl methyl sites for hydroxylation is 2. The maximum atomic E-state index is 6.11. The molecule has 90 valence electrons. The van der Waals surface area contributed by atoms with Gasteiger partial charge in [0, 0.05) is 22.7 Å². The molecule has 17 heavy (non-hydrogen) atoms. The van der Waals surface area contributed by atoms with Crippen molar-refractivity contribution in [3.05, 3.63) is 51.5 Å². The highest BCUT2D eigenvalue weighted by atomic mass is 35.5. The van der Waals surface area contributed by atoms with E-state index < -0.39 is 0 Å². The summed E-state index contributed by atoms with van der Waals surface area (Å²) >= 11 is 12.2. The number of hydrogen-bond donors (Lipinski definition) is 1. The number of imidazole rings is 1. The van der Waals surface area contributed by atoms with Crippen LogP contribution in [0.4, 0.5) is 0 Å². The molecule has 0 spiro atoms. The van der Waals surface area contributed by atoms with E-state index in [9.17, 15) is 0 Å². The molecule has 0 aliphatic carbocycles. The molecular formula is C13H14Cl2N2. The zero-order valence-corrected chi connectivity index (χ0v) is 11.1. The van der Waals surface area contributed by atoms with Gasteiger partial charge >= 0.3 is 0 Å². The molecule has 2 aromatic rings. The van der Waals surface area contributed by atoms with E-state index in [4.69, 9.17) is 23.2 Å². The van der Waals surface area contributed by atoms with Crippen molar-refractivity contribution in [1.82, 2.24) is 9.97 Å². The van der Waals surface area contributed by atoms with Gasteiger partial charge in [-0.1, -0.05) is 29.3 Å². The second kappa shape index (κ2) is 5.56. The van der Waals surface area contributed by atoms with Gasteiger partial charge in [-0.3, -0.25) is 0 Å². The van der Waals surface area contributed by atoms with Crippen molar-refractivity contribution in [2.45, 2.75) is 26.2 Å². The fraction of sp³-hybridized carbons (Fsp3) is 0.308. The third-order valence-corrected chi connectivity index (χ3v) is 3.37. The topological polar surface area (TPSA) is 28.7 Å². The predicted molar refractivity (Wildman–Crippen MR) is 71.8 cm³/mol. The lowest BCUT2D eigenvalue weighted by Crippen LogP contribution is -1.94. The summed E-state index contributed by atoms with van der Waals surface area (Å²) in [5.74, 6) is 1.02. The minimum atomic E-state index is 0.744. The zero-order chi connectivity index (χ0) is 12.3. The molecule has 0 saturated carbocycles. The smallest absolute Gasteiger partial charge is 0.106 e. The summed E-state index contributed by atoms with van der Waals surface area (Å²) in [6.07, 6.45) is 4.68. The van der Waals surface area contributed by atoms with Crippen LogP contribution < -0.4 is 0 Å². The molecule has 0 aliphatic heterocycles. The van der Waals surface area contributed by atoms with Crippen molar-refractivity contribution in [2.75, 3.05) is 0 Å². The van der Waals surface area contributed by atoms with Crippen molar-refractivity contribution in [3.63, 3.8) is 0 Å². The minimum Gasteiger partial charge on any atom is -0.348 e. The van der Waals surface area contributed by atoms with Gasteiger partial charge in [0.25, 0.3) is 0 Å². The summed E-state index contributed by atoms with van der Waals surface area (Å²) in [5.41, 5.74) is 2.05. The van der Waals surface area contributed by atoms with Crippen LogP contribution in [0.2, 0.25) is 10.0 Å².